The average molecular weight is 605 g/mol. The minimum atomic E-state index is -3.20. The molecule has 0 atom stereocenters. The maximum absolute atomic E-state index is 15.6. The van der Waals surface area contributed by atoms with Crippen LogP contribution in [-0.2, 0) is 4.57 Å². The van der Waals surface area contributed by atoms with Crippen LogP contribution in [0.3, 0.4) is 0 Å². The molecule has 0 saturated carbocycles. The van der Waals surface area contributed by atoms with Gasteiger partial charge in [0.05, 0.1) is 0 Å². The topological polar surface area (TPSA) is 17.1 Å². The standard InChI is InChI=1S/C44H29OP/c45-46(33-15-3-1-4-16-33,34-17-5-2-6-18-34)42-24-12-21-37-38(42)22-11-23-39(37)44-40-28-27-30-13-7-9-19-35(30)41(40)29-32-26-25-31-14-8-10-20-36(31)43(32)44/h1-29H. The molecule has 0 aliphatic carbocycles. The molecule has 9 aromatic rings. The van der Waals surface area contributed by atoms with Crippen molar-refractivity contribution in [3.63, 3.8) is 0 Å². The van der Waals surface area contributed by atoms with Gasteiger partial charge < -0.3 is 4.57 Å². The molecule has 0 amide bonds. The Morgan fingerprint density at radius 2 is 0.891 bits per heavy atom. The first-order valence-corrected chi connectivity index (χ1v) is 17.4. The van der Waals surface area contributed by atoms with Crippen LogP contribution < -0.4 is 15.9 Å². The monoisotopic (exact) mass is 604 g/mol. The fraction of sp³-hybridized carbons (Fsp3) is 0. The van der Waals surface area contributed by atoms with Gasteiger partial charge in [-0.2, -0.15) is 0 Å². The Balaban J connectivity index is 1.44. The molecule has 0 spiro atoms. The molecule has 0 aromatic heterocycles. The molecule has 46 heavy (non-hydrogen) atoms. The smallest absolute Gasteiger partial charge is 0.171 e. The molecule has 9 rings (SSSR count). The number of benzene rings is 9. The zero-order chi connectivity index (χ0) is 30.7. The van der Waals surface area contributed by atoms with Gasteiger partial charge >= 0.3 is 0 Å². The zero-order valence-electron chi connectivity index (χ0n) is 25.1. The highest BCUT2D eigenvalue weighted by Gasteiger charge is 2.31. The number of fused-ring (bicyclic) bond motifs is 7. The lowest BCUT2D eigenvalue weighted by atomic mass is 9.86. The van der Waals surface area contributed by atoms with E-state index >= 15 is 4.57 Å². The molecular formula is C44H29OP. The first-order chi connectivity index (χ1) is 22.7. The van der Waals surface area contributed by atoms with Crippen molar-refractivity contribution in [2.45, 2.75) is 0 Å². The minimum Gasteiger partial charge on any atom is -0.309 e. The fourth-order valence-electron chi connectivity index (χ4n) is 7.42. The van der Waals surface area contributed by atoms with E-state index in [1.807, 2.05) is 60.7 Å². The van der Waals surface area contributed by atoms with Crippen LogP contribution >= 0.6 is 7.14 Å². The van der Waals surface area contributed by atoms with Gasteiger partial charge in [-0.3, -0.25) is 0 Å². The van der Waals surface area contributed by atoms with Crippen LogP contribution in [0.1, 0.15) is 0 Å². The molecular weight excluding hydrogens is 575 g/mol. The van der Waals surface area contributed by atoms with Crippen LogP contribution in [0.25, 0.3) is 65.0 Å². The van der Waals surface area contributed by atoms with Crippen molar-refractivity contribution >= 4 is 76.9 Å². The highest BCUT2D eigenvalue weighted by atomic mass is 31.2. The van der Waals surface area contributed by atoms with Crippen LogP contribution in [0.15, 0.2) is 176 Å². The molecule has 0 fully saturated rings. The van der Waals surface area contributed by atoms with Gasteiger partial charge in [0.2, 0.25) is 0 Å². The quantitative estimate of drug-likeness (QED) is 0.111. The van der Waals surface area contributed by atoms with Crippen molar-refractivity contribution < 1.29 is 4.57 Å². The maximum Gasteiger partial charge on any atom is 0.171 e. The van der Waals surface area contributed by atoms with E-state index < -0.39 is 7.14 Å². The molecule has 0 aliphatic rings. The van der Waals surface area contributed by atoms with E-state index in [9.17, 15) is 0 Å². The Kier molecular flexibility index (Phi) is 6.17. The molecule has 9 aromatic carbocycles. The van der Waals surface area contributed by atoms with Gasteiger partial charge in [-0.1, -0.05) is 170 Å². The van der Waals surface area contributed by atoms with Crippen LogP contribution in [0.5, 0.6) is 0 Å². The lowest BCUT2D eigenvalue weighted by molar-refractivity contribution is 0.592. The van der Waals surface area contributed by atoms with Crippen molar-refractivity contribution in [3.8, 4) is 11.1 Å². The summed E-state index contributed by atoms with van der Waals surface area (Å²) in [6, 6.07) is 61.5. The summed E-state index contributed by atoms with van der Waals surface area (Å²) in [6.45, 7) is 0. The lowest BCUT2D eigenvalue weighted by Gasteiger charge is -2.23. The first-order valence-electron chi connectivity index (χ1n) is 15.7. The van der Waals surface area contributed by atoms with Crippen molar-refractivity contribution in [2.24, 2.45) is 0 Å². The Labute approximate surface area is 267 Å². The third kappa shape index (κ3) is 3.99. The average Bonchev–Trinajstić information content (AvgIpc) is 3.13. The van der Waals surface area contributed by atoms with Gasteiger partial charge in [0, 0.05) is 15.9 Å². The van der Waals surface area contributed by atoms with Gasteiger partial charge in [-0.15, -0.1) is 0 Å². The van der Waals surface area contributed by atoms with Gasteiger partial charge in [0.1, 0.15) is 0 Å². The minimum absolute atomic E-state index is 0.840. The van der Waals surface area contributed by atoms with E-state index in [0.717, 1.165) is 32.2 Å². The van der Waals surface area contributed by atoms with Crippen molar-refractivity contribution in [1.82, 2.24) is 0 Å². The summed E-state index contributed by atoms with van der Waals surface area (Å²) < 4.78 is 15.6. The molecule has 0 N–H and O–H groups in total. The third-order valence-electron chi connectivity index (χ3n) is 9.50. The molecule has 0 unspecified atom stereocenters. The SMILES string of the molecule is O=P(c1ccccc1)(c1ccccc1)c1cccc2c(-c3c4ccc5ccccc5c4cc4ccc5ccccc5c34)cccc12. The second kappa shape index (κ2) is 10.6. The van der Waals surface area contributed by atoms with E-state index in [2.05, 4.69) is 115 Å². The molecule has 0 saturated heterocycles. The highest BCUT2D eigenvalue weighted by molar-refractivity contribution is 7.85. The largest absolute Gasteiger partial charge is 0.309 e. The molecule has 216 valence electrons. The predicted molar refractivity (Wildman–Crippen MR) is 199 cm³/mol. The number of hydrogen-bond donors (Lipinski definition) is 0. The fourth-order valence-corrected chi connectivity index (χ4v) is 10.3. The summed E-state index contributed by atoms with van der Waals surface area (Å²) in [4.78, 5) is 0. The summed E-state index contributed by atoms with van der Waals surface area (Å²) in [5.74, 6) is 0. The van der Waals surface area contributed by atoms with Gasteiger partial charge in [0.25, 0.3) is 0 Å². The van der Waals surface area contributed by atoms with Crippen LogP contribution in [0.2, 0.25) is 0 Å². The molecule has 0 bridgehead atoms. The van der Waals surface area contributed by atoms with Gasteiger partial charge in [0.15, 0.2) is 7.14 Å². The maximum atomic E-state index is 15.6. The van der Waals surface area contributed by atoms with Crippen molar-refractivity contribution in [2.75, 3.05) is 0 Å². The molecule has 1 nitrogen and oxygen atoms in total. The number of rotatable bonds is 4. The lowest BCUT2D eigenvalue weighted by Crippen LogP contribution is -2.25. The molecule has 2 heteroatoms. The molecule has 0 aliphatic heterocycles. The van der Waals surface area contributed by atoms with Crippen LogP contribution in [0.4, 0.5) is 0 Å². The summed E-state index contributed by atoms with van der Waals surface area (Å²) >= 11 is 0. The Hall–Kier alpha value is -5.49. The molecule has 0 radical (unpaired) electrons. The van der Waals surface area contributed by atoms with E-state index in [4.69, 9.17) is 0 Å². The summed E-state index contributed by atoms with van der Waals surface area (Å²) in [5, 5.41) is 14.5. The first kappa shape index (κ1) is 26.9. The second-order valence-electron chi connectivity index (χ2n) is 12.0. The van der Waals surface area contributed by atoms with Gasteiger partial charge in [-0.05, 0) is 71.1 Å². The Bertz CT molecular complexity index is 2610. The van der Waals surface area contributed by atoms with E-state index in [1.54, 1.807) is 0 Å². The predicted octanol–water partition coefficient (Wildman–Crippen LogP) is 10.8. The second-order valence-corrected chi connectivity index (χ2v) is 14.7. The molecule has 0 heterocycles. The summed E-state index contributed by atoms with van der Waals surface area (Å²) in [6.07, 6.45) is 0. The summed E-state index contributed by atoms with van der Waals surface area (Å²) in [5.41, 5.74) is 2.36. The summed E-state index contributed by atoms with van der Waals surface area (Å²) in [7, 11) is -3.20. The van der Waals surface area contributed by atoms with E-state index in [1.165, 1.54) is 48.7 Å². The normalized spacial score (nSPS) is 12.0. The van der Waals surface area contributed by atoms with Gasteiger partial charge in [-0.25, -0.2) is 0 Å². The highest BCUT2D eigenvalue weighted by Crippen LogP contribution is 2.47. The van der Waals surface area contributed by atoms with Crippen LogP contribution in [-0.4, -0.2) is 0 Å². The Morgan fingerprint density at radius 3 is 1.63 bits per heavy atom. The Morgan fingerprint density at radius 1 is 0.348 bits per heavy atom. The van der Waals surface area contributed by atoms with Crippen molar-refractivity contribution in [3.05, 3.63) is 176 Å². The van der Waals surface area contributed by atoms with E-state index in [0.29, 0.717) is 0 Å². The van der Waals surface area contributed by atoms with Crippen LogP contribution in [0, 0.1) is 0 Å². The zero-order valence-corrected chi connectivity index (χ0v) is 26.0. The van der Waals surface area contributed by atoms with E-state index in [-0.39, 0.29) is 0 Å². The third-order valence-corrected chi connectivity index (χ3v) is 12.6. The number of hydrogen-bond acceptors (Lipinski definition) is 1. The van der Waals surface area contributed by atoms with Crippen molar-refractivity contribution in [1.29, 1.82) is 0 Å².